The van der Waals surface area contributed by atoms with Crippen molar-refractivity contribution in [2.75, 3.05) is 11.9 Å². The molecule has 28 heavy (non-hydrogen) atoms. The summed E-state index contributed by atoms with van der Waals surface area (Å²) in [7, 11) is 0. The predicted molar refractivity (Wildman–Crippen MR) is 104 cm³/mol. The zero-order chi connectivity index (χ0) is 19.3. The van der Waals surface area contributed by atoms with Gasteiger partial charge in [0.2, 0.25) is 5.95 Å². The van der Waals surface area contributed by atoms with Crippen molar-refractivity contribution in [3.63, 3.8) is 0 Å². The third-order valence-corrected chi connectivity index (χ3v) is 4.35. The van der Waals surface area contributed by atoms with E-state index in [1.54, 1.807) is 43.2 Å². The Bertz CT molecular complexity index is 1060. The van der Waals surface area contributed by atoms with Crippen LogP contribution in [0.15, 0.2) is 65.8 Å². The standard InChI is InChI=1S/C21H18FN5O/c1-14-17(7-11-28-14)20-18(19-13-23-9-10-24-19)12-26-21(27-20)25-8-6-15-2-4-16(22)5-3-15/h2-5,7,9-13H,6,8H2,1H3,(H,25,26,27). The fraction of sp³-hybridized carbons (Fsp3) is 0.143. The highest BCUT2D eigenvalue weighted by atomic mass is 19.1. The third-order valence-electron chi connectivity index (χ3n) is 4.35. The lowest BCUT2D eigenvalue weighted by Gasteiger charge is -2.10. The van der Waals surface area contributed by atoms with Gasteiger partial charge < -0.3 is 9.73 Å². The van der Waals surface area contributed by atoms with Gasteiger partial charge in [0.25, 0.3) is 0 Å². The van der Waals surface area contributed by atoms with Crippen LogP contribution in [-0.2, 0) is 6.42 Å². The summed E-state index contributed by atoms with van der Waals surface area (Å²) in [6, 6.07) is 8.34. The Morgan fingerprint density at radius 2 is 1.86 bits per heavy atom. The summed E-state index contributed by atoms with van der Waals surface area (Å²) in [5.41, 5.74) is 4.12. The van der Waals surface area contributed by atoms with Crippen molar-refractivity contribution in [1.29, 1.82) is 0 Å². The molecule has 6 nitrogen and oxygen atoms in total. The van der Waals surface area contributed by atoms with Gasteiger partial charge in [0.05, 0.1) is 23.8 Å². The second-order valence-electron chi connectivity index (χ2n) is 6.24. The second-order valence-corrected chi connectivity index (χ2v) is 6.24. The second kappa shape index (κ2) is 7.96. The molecule has 4 rings (SSSR count). The summed E-state index contributed by atoms with van der Waals surface area (Å²) < 4.78 is 18.5. The first-order valence-corrected chi connectivity index (χ1v) is 8.87. The first-order valence-electron chi connectivity index (χ1n) is 8.87. The van der Waals surface area contributed by atoms with Crippen LogP contribution in [0, 0.1) is 12.7 Å². The number of nitrogens with zero attached hydrogens (tertiary/aromatic N) is 4. The normalized spacial score (nSPS) is 10.8. The maximum atomic E-state index is 13.0. The van der Waals surface area contributed by atoms with E-state index in [1.807, 2.05) is 13.0 Å². The topological polar surface area (TPSA) is 76.7 Å². The molecule has 7 heteroatoms. The molecule has 3 aromatic heterocycles. The zero-order valence-electron chi connectivity index (χ0n) is 15.3. The molecule has 0 saturated carbocycles. The van der Waals surface area contributed by atoms with Crippen LogP contribution in [0.2, 0.25) is 0 Å². The monoisotopic (exact) mass is 375 g/mol. The minimum absolute atomic E-state index is 0.236. The van der Waals surface area contributed by atoms with Crippen LogP contribution in [0.1, 0.15) is 11.3 Å². The Kier molecular flexibility index (Phi) is 5.05. The summed E-state index contributed by atoms with van der Waals surface area (Å²) in [5, 5.41) is 3.23. The lowest BCUT2D eigenvalue weighted by molar-refractivity contribution is 0.535. The molecular formula is C21H18FN5O. The summed E-state index contributed by atoms with van der Waals surface area (Å²) in [6.45, 7) is 2.51. The van der Waals surface area contributed by atoms with E-state index in [2.05, 4.69) is 25.3 Å². The van der Waals surface area contributed by atoms with Crippen LogP contribution >= 0.6 is 0 Å². The fourth-order valence-electron chi connectivity index (χ4n) is 2.90. The van der Waals surface area contributed by atoms with Gasteiger partial charge in [0, 0.05) is 36.3 Å². The first kappa shape index (κ1) is 17.8. The van der Waals surface area contributed by atoms with Crippen LogP contribution in [0.4, 0.5) is 10.3 Å². The van der Waals surface area contributed by atoms with Crippen LogP contribution in [0.5, 0.6) is 0 Å². The Morgan fingerprint density at radius 1 is 1.00 bits per heavy atom. The molecule has 0 aliphatic carbocycles. The van der Waals surface area contributed by atoms with E-state index in [4.69, 9.17) is 4.42 Å². The average Bonchev–Trinajstić information content (AvgIpc) is 3.16. The molecule has 0 atom stereocenters. The highest BCUT2D eigenvalue weighted by molar-refractivity contribution is 5.79. The highest BCUT2D eigenvalue weighted by Crippen LogP contribution is 2.31. The van der Waals surface area contributed by atoms with Gasteiger partial charge >= 0.3 is 0 Å². The number of hydrogen-bond donors (Lipinski definition) is 1. The van der Waals surface area contributed by atoms with Gasteiger partial charge in [-0.3, -0.25) is 9.97 Å². The van der Waals surface area contributed by atoms with E-state index in [0.29, 0.717) is 18.2 Å². The SMILES string of the molecule is Cc1occc1-c1nc(NCCc2ccc(F)cc2)ncc1-c1cnccn1. The maximum Gasteiger partial charge on any atom is 0.223 e. The molecule has 0 amide bonds. The van der Waals surface area contributed by atoms with Gasteiger partial charge in [0.15, 0.2) is 0 Å². The Hall–Kier alpha value is -3.61. The third kappa shape index (κ3) is 3.88. The number of nitrogens with one attached hydrogen (secondary N) is 1. The molecular weight excluding hydrogens is 357 g/mol. The number of halogens is 1. The van der Waals surface area contributed by atoms with Crippen molar-refractivity contribution >= 4 is 5.95 Å². The van der Waals surface area contributed by atoms with Crippen molar-refractivity contribution < 1.29 is 8.81 Å². The molecule has 0 spiro atoms. The van der Waals surface area contributed by atoms with Gasteiger partial charge in [0.1, 0.15) is 11.6 Å². The van der Waals surface area contributed by atoms with Gasteiger partial charge in [-0.05, 0) is 37.1 Å². The van der Waals surface area contributed by atoms with Crippen LogP contribution in [-0.4, -0.2) is 26.5 Å². The molecule has 0 radical (unpaired) electrons. The molecule has 0 aliphatic rings. The van der Waals surface area contributed by atoms with Crippen LogP contribution in [0.3, 0.4) is 0 Å². The lowest BCUT2D eigenvalue weighted by atomic mass is 10.1. The predicted octanol–water partition coefficient (Wildman–Crippen LogP) is 4.30. The minimum atomic E-state index is -0.236. The molecule has 0 unspecified atom stereocenters. The number of anilines is 1. The van der Waals surface area contributed by atoms with Crippen molar-refractivity contribution in [1.82, 2.24) is 19.9 Å². The molecule has 1 aromatic carbocycles. The summed E-state index contributed by atoms with van der Waals surface area (Å²) >= 11 is 0. The van der Waals surface area contributed by atoms with E-state index >= 15 is 0 Å². The van der Waals surface area contributed by atoms with Crippen LogP contribution in [0.25, 0.3) is 22.5 Å². The number of aromatic nitrogens is 4. The van der Waals surface area contributed by atoms with Gasteiger partial charge in [-0.15, -0.1) is 0 Å². The number of aryl methyl sites for hydroxylation is 1. The van der Waals surface area contributed by atoms with Gasteiger partial charge in [-0.2, -0.15) is 0 Å². The Morgan fingerprint density at radius 3 is 2.57 bits per heavy atom. The fourth-order valence-corrected chi connectivity index (χ4v) is 2.90. The molecule has 0 saturated heterocycles. The molecule has 4 aromatic rings. The smallest absolute Gasteiger partial charge is 0.223 e. The molecule has 140 valence electrons. The molecule has 0 bridgehead atoms. The average molecular weight is 375 g/mol. The van der Waals surface area contributed by atoms with Gasteiger partial charge in [-0.25, -0.2) is 14.4 Å². The summed E-state index contributed by atoms with van der Waals surface area (Å²) in [4.78, 5) is 17.6. The van der Waals surface area contributed by atoms with E-state index in [9.17, 15) is 4.39 Å². The summed E-state index contributed by atoms with van der Waals surface area (Å²) in [5.74, 6) is 1.03. The van der Waals surface area contributed by atoms with Crippen molar-refractivity contribution in [3.05, 3.63) is 78.5 Å². The van der Waals surface area contributed by atoms with E-state index in [0.717, 1.165) is 34.6 Å². The van der Waals surface area contributed by atoms with Crippen molar-refractivity contribution in [2.24, 2.45) is 0 Å². The zero-order valence-corrected chi connectivity index (χ0v) is 15.3. The molecule has 0 fully saturated rings. The Labute approximate surface area is 161 Å². The van der Waals surface area contributed by atoms with Crippen molar-refractivity contribution in [2.45, 2.75) is 13.3 Å². The number of furan rings is 1. The van der Waals surface area contributed by atoms with E-state index in [1.165, 1.54) is 12.1 Å². The van der Waals surface area contributed by atoms with E-state index < -0.39 is 0 Å². The van der Waals surface area contributed by atoms with Gasteiger partial charge in [-0.1, -0.05) is 12.1 Å². The molecule has 1 N–H and O–H groups in total. The Balaban J connectivity index is 1.59. The minimum Gasteiger partial charge on any atom is -0.469 e. The van der Waals surface area contributed by atoms with Crippen LogP contribution < -0.4 is 5.32 Å². The van der Waals surface area contributed by atoms with Crippen molar-refractivity contribution in [3.8, 4) is 22.5 Å². The molecule has 0 aliphatic heterocycles. The number of hydrogen-bond acceptors (Lipinski definition) is 6. The largest absolute Gasteiger partial charge is 0.469 e. The summed E-state index contributed by atoms with van der Waals surface area (Å²) in [6.07, 6.45) is 9.04. The maximum absolute atomic E-state index is 13.0. The highest BCUT2D eigenvalue weighted by Gasteiger charge is 2.16. The number of benzene rings is 1. The first-order chi connectivity index (χ1) is 13.7. The van der Waals surface area contributed by atoms with E-state index in [-0.39, 0.29) is 5.82 Å². The molecule has 3 heterocycles. The quantitative estimate of drug-likeness (QED) is 0.542. The lowest BCUT2D eigenvalue weighted by Crippen LogP contribution is -2.09. The number of rotatable bonds is 6.